The Hall–Kier alpha value is -2.22. The molecule has 140 valence electrons. The average molecular weight is 380 g/mol. The van der Waals surface area contributed by atoms with Gasteiger partial charge in [-0.1, -0.05) is 6.07 Å². The predicted octanol–water partition coefficient (Wildman–Crippen LogP) is 2.80. The van der Waals surface area contributed by atoms with Gasteiger partial charge < -0.3 is 9.32 Å². The van der Waals surface area contributed by atoms with Gasteiger partial charge in [0.05, 0.1) is 11.4 Å². The lowest BCUT2D eigenvalue weighted by Gasteiger charge is -2.29. The zero-order valence-corrected chi connectivity index (χ0v) is 15.3. The number of amides is 1. The maximum Gasteiger partial charge on any atom is 0.240 e. The lowest BCUT2D eigenvalue weighted by atomic mass is 10.1. The second kappa shape index (κ2) is 7.57. The Morgan fingerprint density at radius 2 is 2.04 bits per heavy atom. The molecule has 1 fully saturated rings. The van der Waals surface area contributed by atoms with E-state index in [1.54, 1.807) is 11.0 Å². The molecule has 0 aliphatic carbocycles. The highest BCUT2D eigenvalue weighted by atomic mass is 32.2. The van der Waals surface area contributed by atoms with Crippen LogP contribution < -0.4 is 0 Å². The first-order valence-electron chi connectivity index (χ1n) is 8.57. The maximum absolute atomic E-state index is 13.3. The van der Waals surface area contributed by atoms with E-state index in [2.05, 4.69) is 4.98 Å². The summed E-state index contributed by atoms with van der Waals surface area (Å²) < 4.78 is 43.8. The van der Waals surface area contributed by atoms with Crippen molar-refractivity contribution in [1.82, 2.24) is 9.88 Å². The first kappa shape index (κ1) is 18.6. The summed E-state index contributed by atoms with van der Waals surface area (Å²) in [7, 11) is -3.73. The predicted molar refractivity (Wildman–Crippen MR) is 94.4 cm³/mol. The third-order valence-electron chi connectivity index (χ3n) is 4.53. The molecule has 1 aliphatic heterocycles. The van der Waals surface area contributed by atoms with Crippen LogP contribution in [0.5, 0.6) is 0 Å². The Labute approximate surface area is 151 Å². The van der Waals surface area contributed by atoms with E-state index in [9.17, 15) is 17.6 Å². The van der Waals surface area contributed by atoms with E-state index in [4.69, 9.17) is 4.42 Å². The largest absolute Gasteiger partial charge is 0.444 e. The van der Waals surface area contributed by atoms with Gasteiger partial charge in [0.15, 0.2) is 9.84 Å². The lowest BCUT2D eigenvalue weighted by molar-refractivity contribution is -0.131. The van der Waals surface area contributed by atoms with Crippen LogP contribution in [-0.4, -0.2) is 42.5 Å². The van der Waals surface area contributed by atoms with Crippen LogP contribution in [0.2, 0.25) is 0 Å². The Balaban J connectivity index is 1.72. The average Bonchev–Trinajstić information content (AvgIpc) is 3.09. The normalized spacial score (nSPS) is 16.5. The summed E-state index contributed by atoms with van der Waals surface area (Å²) in [5.41, 5.74) is 0.619. The lowest BCUT2D eigenvalue weighted by Crippen LogP contribution is -2.44. The van der Waals surface area contributed by atoms with E-state index in [1.807, 2.05) is 0 Å². The Morgan fingerprint density at radius 3 is 2.73 bits per heavy atom. The molecule has 6 nitrogen and oxygen atoms in total. The number of carbonyl (C=O) groups is 1. The molecule has 2 heterocycles. The number of rotatable bonds is 5. The summed E-state index contributed by atoms with van der Waals surface area (Å²) in [4.78, 5) is 18.2. The van der Waals surface area contributed by atoms with Crippen molar-refractivity contribution in [2.45, 2.75) is 37.2 Å². The van der Waals surface area contributed by atoms with Crippen LogP contribution in [0.25, 0.3) is 11.5 Å². The Morgan fingerprint density at radius 1 is 1.31 bits per heavy atom. The first-order valence-corrected chi connectivity index (χ1v) is 10.3. The molecule has 1 saturated heterocycles. The van der Waals surface area contributed by atoms with Crippen molar-refractivity contribution >= 4 is 15.7 Å². The maximum atomic E-state index is 13.3. The third-order valence-corrected chi connectivity index (χ3v) is 6.50. The van der Waals surface area contributed by atoms with Crippen LogP contribution in [0.3, 0.4) is 0 Å². The van der Waals surface area contributed by atoms with Crippen molar-refractivity contribution in [2.75, 3.05) is 13.1 Å². The third kappa shape index (κ3) is 4.12. The van der Waals surface area contributed by atoms with Gasteiger partial charge in [0.2, 0.25) is 11.8 Å². The SMILES string of the molecule is CC(C(=O)N1CCCCC1)S(=O)(=O)Cc1coc(-c2cccc(F)c2)n1. The summed E-state index contributed by atoms with van der Waals surface area (Å²) in [5, 5.41) is -1.13. The van der Waals surface area contributed by atoms with Crippen LogP contribution >= 0.6 is 0 Å². The van der Waals surface area contributed by atoms with Crippen LogP contribution in [0.4, 0.5) is 4.39 Å². The van der Waals surface area contributed by atoms with E-state index in [0.717, 1.165) is 19.3 Å². The zero-order chi connectivity index (χ0) is 18.7. The van der Waals surface area contributed by atoms with Crippen molar-refractivity contribution in [1.29, 1.82) is 0 Å². The fourth-order valence-corrected chi connectivity index (χ4v) is 4.23. The van der Waals surface area contributed by atoms with Gasteiger partial charge in [-0.3, -0.25) is 4.79 Å². The fourth-order valence-electron chi connectivity index (χ4n) is 2.98. The van der Waals surface area contributed by atoms with Gasteiger partial charge >= 0.3 is 0 Å². The first-order chi connectivity index (χ1) is 12.4. The number of nitrogens with zero attached hydrogens (tertiary/aromatic N) is 2. The molecular formula is C18H21FN2O4S. The van der Waals surface area contributed by atoms with Crippen molar-refractivity contribution in [3.8, 4) is 11.5 Å². The summed E-state index contributed by atoms with van der Waals surface area (Å²) in [6.45, 7) is 2.62. The molecule has 0 N–H and O–H groups in total. The zero-order valence-electron chi connectivity index (χ0n) is 14.5. The van der Waals surface area contributed by atoms with Crippen molar-refractivity contribution in [2.24, 2.45) is 0 Å². The molecule has 8 heteroatoms. The van der Waals surface area contributed by atoms with Gasteiger partial charge in [-0.2, -0.15) is 0 Å². The number of piperidine rings is 1. The highest BCUT2D eigenvalue weighted by Crippen LogP contribution is 2.22. The number of oxazole rings is 1. The Kier molecular flexibility index (Phi) is 5.41. The smallest absolute Gasteiger partial charge is 0.240 e. The van der Waals surface area contributed by atoms with Crippen molar-refractivity contribution < 1.29 is 22.0 Å². The van der Waals surface area contributed by atoms with Gasteiger partial charge in [-0.25, -0.2) is 17.8 Å². The minimum absolute atomic E-state index is 0.143. The fraction of sp³-hybridized carbons (Fsp3) is 0.444. The summed E-state index contributed by atoms with van der Waals surface area (Å²) in [5.74, 6) is -1.05. The molecule has 1 unspecified atom stereocenters. The molecule has 0 bridgehead atoms. The molecular weight excluding hydrogens is 359 g/mol. The highest BCUT2D eigenvalue weighted by molar-refractivity contribution is 7.92. The quantitative estimate of drug-likeness (QED) is 0.797. The van der Waals surface area contributed by atoms with Crippen molar-refractivity contribution in [3.05, 3.63) is 42.0 Å². The van der Waals surface area contributed by atoms with Crippen LogP contribution in [-0.2, 0) is 20.4 Å². The van der Waals surface area contributed by atoms with Gasteiger partial charge in [0.1, 0.15) is 17.3 Å². The molecule has 1 aliphatic rings. The summed E-state index contributed by atoms with van der Waals surface area (Å²) in [6.07, 6.45) is 4.10. The molecule has 1 aromatic heterocycles. The van der Waals surface area contributed by atoms with Gasteiger partial charge in [0.25, 0.3) is 0 Å². The monoisotopic (exact) mass is 380 g/mol. The van der Waals surface area contributed by atoms with E-state index in [0.29, 0.717) is 18.7 Å². The van der Waals surface area contributed by atoms with E-state index >= 15 is 0 Å². The Bertz CT molecular complexity index is 888. The molecule has 0 spiro atoms. The number of likely N-dealkylation sites (tertiary alicyclic amines) is 1. The topological polar surface area (TPSA) is 80.5 Å². The second-order valence-electron chi connectivity index (χ2n) is 6.49. The number of halogens is 1. The van der Waals surface area contributed by atoms with Crippen LogP contribution in [0, 0.1) is 5.82 Å². The van der Waals surface area contributed by atoms with Gasteiger partial charge in [-0.15, -0.1) is 0 Å². The summed E-state index contributed by atoms with van der Waals surface area (Å²) >= 11 is 0. The van der Waals surface area contributed by atoms with Gasteiger partial charge in [-0.05, 0) is 44.4 Å². The molecule has 0 saturated carbocycles. The van der Waals surface area contributed by atoms with E-state index in [-0.39, 0.29) is 17.5 Å². The molecule has 1 amide bonds. The van der Waals surface area contributed by atoms with Gasteiger partial charge in [0, 0.05) is 18.7 Å². The number of hydrogen-bond acceptors (Lipinski definition) is 5. The molecule has 3 rings (SSSR count). The summed E-state index contributed by atoms with van der Waals surface area (Å²) in [6, 6.07) is 5.69. The molecule has 1 atom stereocenters. The molecule has 2 aromatic rings. The molecule has 1 aromatic carbocycles. The number of aromatic nitrogens is 1. The van der Waals surface area contributed by atoms with E-state index in [1.165, 1.54) is 31.4 Å². The minimum atomic E-state index is -3.73. The second-order valence-corrected chi connectivity index (χ2v) is 8.81. The number of hydrogen-bond donors (Lipinski definition) is 0. The highest BCUT2D eigenvalue weighted by Gasteiger charge is 2.33. The number of carbonyl (C=O) groups excluding carboxylic acids is 1. The van der Waals surface area contributed by atoms with E-state index < -0.39 is 26.7 Å². The number of benzene rings is 1. The number of sulfone groups is 1. The van der Waals surface area contributed by atoms with Crippen molar-refractivity contribution in [3.63, 3.8) is 0 Å². The van der Waals surface area contributed by atoms with Crippen LogP contribution in [0.1, 0.15) is 31.9 Å². The molecule has 0 radical (unpaired) electrons. The standard InChI is InChI=1S/C18H21FN2O4S/c1-13(18(22)21-8-3-2-4-9-21)26(23,24)12-16-11-25-17(20-16)14-6-5-7-15(19)10-14/h5-7,10-11,13H,2-4,8-9,12H2,1H3. The molecule has 26 heavy (non-hydrogen) atoms. The minimum Gasteiger partial charge on any atom is -0.444 e. The van der Waals surface area contributed by atoms with Crippen LogP contribution in [0.15, 0.2) is 34.9 Å².